The second kappa shape index (κ2) is 5.79. The number of anilines is 1. The number of hydrogen-bond donors (Lipinski definition) is 1. The third-order valence-corrected chi connectivity index (χ3v) is 4.24. The molecule has 0 atom stereocenters. The molecule has 2 aromatic rings. The van der Waals surface area contributed by atoms with Gasteiger partial charge in [-0.2, -0.15) is 13.2 Å². The van der Waals surface area contributed by atoms with E-state index in [9.17, 15) is 13.2 Å². The summed E-state index contributed by atoms with van der Waals surface area (Å²) in [6.45, 7) is 1.87. The van der Waals surface area contributed by atoms with E-state index in [0.29, 0.717) is 5.69 Å². The summed E-state index contributed by atoms with van der Waals surface area (Å²) in [5.41, 5.74) is 7.06. The zero-order chi connectivity index (χ0) is 14.8. The van der Waals surface area contributed by atoms with Crippen molar-refractivity contribution in [1.29, 1.82) is 0 Å². The zero-order valence-corrected chi connectivity index (χ0v) is 11.7. The number of thioether (sulfide) groups is 1. The van der Waals surface area contributed by atoms with E-state index in [1.807, 2.05) is 13.0 Å². The summed E-state index contributed by atoms with van der Waals surface area (Å²) in [6, 6.07) is 11.1. The number of nitrogens with two attached hydrogens (primary N) is 1. The molecule has 0 saturated carbocycles. The van der Waals surface area contributed by atoms with Gasteiger partial charge in [0, 0.05) is 16.3 Å². The van der Waals surface area contributed by atoms with E-state index in [2.05, 4.69) is 0 Å². The number of benzene rings is 2. The van der Waals surface area contributed by atoms with E-state index in [0.717, 1.165) is 16.5 Å². The van der Waals surface area contributed by atoms with Gasteiger partial charge in [-0.15, -0.1) is 11.8 Å². The van der Waals surface area contributed by atoms with Crippen LogP contribution in [0.5, 0.6) is 0 Å². The number of hydrogen-bond acceptors (Lipinski definition) is 2. The standard InChI is InChI=1S/C15H14F3NS/c1-10-13(19)7-4-8-14(10)20-9-11-5-2-3-6-12(11)15(16,17)18/h2-8H,9,19H2,1H3. The highest BCUT2D eigenvalue weighted by atomic mass is 32.2. The summed E-state index contributed by atoms with van der Waals surface area (Å²) in [5.74, 6) is 0.264. The summed E-state index contributed by atoms with van der Waals surface area (Å²) in [6.07, 6.45) is -4.32. The Labute approximate surface area is 120 Å². The molecule has 0 aliphatic heterocycles. The first kappa shape index (κ1) is 14.8. The summed E-state index contributed by atoms with van der Waals surface area (Å²) in [5, 5.41) is 0. The van der Waals surface area contributed by atoms with E-state index < -0.39 is 11.7 Å². The normalized spacial score (nSPS) is 11.6. The lowest BCUT2D eigenvalue weighted by atomic mass is 10.1. The maximum absolute atomic E-state index is 12.9. The molecule has 0 radical (unpaired) electrons. The highest BCUT2D eigenvalue weighted by molar-refractivity contribution is 7.98. The van der Waals surface area contributed by atoms with Crippen LogP contribution < -0.4 is 5.73 Å². The Balaban J connectivity index is 2.22. The SMILES string of the molecule is Cc1c(N)cccc1SCc1ccccc1C(F)(F)F. The van der Waals surface area contributed by atoms with Crippen molar-refractivity contribution in [3.05, 3.63) is 59.2 Å². The molecule has 0 unspecified atom stereocenters. The maximum Gasteiger partial charge on any atom is 0.416 e. The van der Waals surface area contributed by atoms with Crippen LogP contribution in [0, 0.1) is 6.92 Å². The van der Waals surface area contributed by atoms with Crippen molar-refractivity contribution in [2.75, 3.05) is 5.73 Å². The van der Waals surface area contributed by atoms with Crippen LogP contribution in [0.1, 0.15) is 16.7 Å². The molecule has 1 nitrogen and oxygen atoms in total. The van der Waals surface area contributed by atoms with E-state index >= 15 is 0 Å². The topological polar surface area (TPSA) is 26.0 Å². The molecule has 106 valence electrons. The van der Waals surface area contributed by atoms with Crippen molar-refractivity contribution < 1.29 is 13.2 Å². The molecule has 0 spiro atoms. The van der Waals surface area contributed by atoms with Crippen LogP contribution in [-0.4, -0.2) is 0 Å². The first-order valence-electron chi connectivity index (χ1n) is 6.02. The lowest BCUT2D eigenvalue weighted by molar-refractivity contribution is -0.138. The Kier molecular flexibility index (Phi) is 4.28. The van der Waals surface area contributed by atoms with Crippen LogP contribution in [0.25, 0.3) is 0 Å². The highest BCUT2D eigenvalue weighted by Gasteiger charge is 2.32. The third-order valence-electron chi connectivity index (χ3n) is 3.03. The maximum atomic E-state index is 12.9. The van der Waals surface area contributed by atoms with Gasteiger partial charge in [0.2, 0.25) is 0 Å². The van der Waals surface area contributed by atoms with Gasteiger partial charge in [0.05, 0.1) is 5.56 Å². The van der Waals surface area contributed by atoms with Gasteiger partial charge in [0.15, 0.2) is 0 Å². The van der Waals surface area contributed by atoms with Crippen LogP contribution in [0.4, 0.5) is 18.9 Å². The fourth-order valence-electron chi connectivity index (χ4n) is 1.87. The minimum atomic E-state index is -4.32. The lowest BCUT2D eigenvalue weighted by Crippen LogP contribution is -2.08. The van der Waals surface area contributed by atoms with Gasteiger partial charge in [-0.1, -0.05) is 24.3 Å². The molecule has 0 aliphatic rings. The number of halogens is 3. The minimum absolute atomic E-state index is 0.264. The number of rotatable bonds is 3. The highest BCUT2D eigenvalue weighted by Crippen LogP contribution is 2.35. The predicted molar refractivity (Wildman–Crippen MR) is 76.6 cm³/mol. The van der Waals surface area contributed by atoms with Gasteiger partial charge in [-0.25, -0.2) is 0 Å². The summed E-state index contributed by atoms with van der Waals surface area (Å²) >= 11 is 1.36. The van der Waals surface area contributed by atoms with Crippen LogP contribution >= 0.6 is 11.8 Å². The second-order valence-electron chi connectivity index (χ2n) is 4.41. The van der Waals surface area contributed by atoms with Crippen LogP contribution in [0.2, 0.25) is 0 Å². The van der Waals surface area contributed by atoms with Crippen molar-refractivity contribution in [3.8, 4) is 0 Å². The van der Waals surface area contributed by atoms with E-state index in [1.54, 1.807) is 18.2 Å². The van der Waals surface area contributed by atoms with Crippen molar-refractivity contribution in [2.45, 2.75) is 23.7 Å². The number of nitrogen functional groups attached to an aromatic ring is 1. The monoisotopic (exact) mass is 297 g/mol. The largest absolute Gasteiger partial charge is 0.416 e. The Hall–Kier alpha value is -1.62. The zero-order valence-electron chi connectivity index (χ0n) is 10.9. The van der Waals surface area contributed by atoms with Gasteiger partial charge >= 0.3 is 6.18 Å². The first-order valence-corrected chi connectivity index (χ1v) is 7.01. The predicted octanol–water partition coefficient (Wildman–Crippen LogP) is 4.89. The molecule has 0 aromatic heterocycles. The van der Waals surface area contributed by atoms with Gasteiger partial charge in [-0.3, -0.25) is 0 Å². The summed E-state index contributed by atoms with van der Waals surface area (Å²) < 4.78 is 38.7. The molecule has 0 fully saturated rings. The molecule has 5 heteroatoms. The number of alkyl halides is 3. The van der Waals surface area contributed by atoms with E-state index in [1.165, 1.54) is 23.9 Å². The fourth-order valence-corrected chi connectivity index (χ4v) is 2.94. The Morgan fingerprint density at radius 2 is 1.75 bits per heavy atom. The molecule has 0 aliphatic carbocycles. The van der Waals surface area contributed by atoms with Crippen molar-refractivity contribution in [2.24, 2.45) is 0 Å². The van der Waals surface area contributed by atoms with E-state index in [-0.39, 0.29) is 11.3 Å². The second-order valence-corrected chi connectivity index (χ2v) is 5.43. The molecular formula is C15H14F3NS. The Bertz CT molecular complexity index is 608. The van der Waals surface area contributed by atoms with Crippen molar-refractivity contribution in [1.82, 2.24) is 0 Å². The average molecular weight is 297 g/mol. The van der Waals surface area contributed by atoms with Crippen molar-refractivity contribution >= 4 is 17.4 Å². The molecular weight excluding hydrogens is 283 g/mol. The minimum Gasteiger partial charge on any atom is -0.398 e. The average Bonchev–Trinajstić information content (AvgIpc) is 2.40. The molecule has 0 saturated heterocycles. The van der Waals surface area contributed by atoms with E-state index in [4.69, 9.17) is 5.73 Å². The van der Waals surface area contributed by atoms with Crippen molar-refractivity contribution in [3.63, 3.8) is 0 Å². The van der Waals surface area contributed by atoms with Gasteiger partial charge in [-0.05, 0) is 36.2 Å². The molecule has 2 rings (SSSR count). The molecule has 2 aromatic carbocycles. The Morgan fingerprint density at radius 3 is 2.45 bits per heavy atom. The van der Waals surface area contributed by atoms with Crippen LogP contribution in [-0.2, 0) is 11.9 Å². The molecule has 0 amide bonds. The first-order chi connectivity index (χ1) is 9.39. The fraction of sp³-hybridized carbons (Fsp3) is 0.200. The summed E-state index contributed by atoms with van der Waals surface area (Å²) in [4.78, 5) is 0.905. The molecule has 2 N–H and O–H groups in total. The summed E-state index contributed by atoms with van der Waals surface area (Å²) in [7, 11) is 0. The lowest BCUT2D eigenvalue weighted by Gasteiger charge is -2.13. The third kappa shape index (κ3) is 3.28. The Morgan fingerprint density at radius 1 is 1.05 bits per heavy atom. The molecule has 20 heavy (non-hydrogen) atoms. The molecule has 0 bridgehead atoms. The van der Waals surface area contributed by atoms with Crippen LogP contribution in [0.3, 0.4) is 0 Å². The van der Waals surface area contributed by atoms with Gasteiger partial charge in [0.25, 0.3) is 0 Å². The quantitative estimate of drug-likeness (QED) is 0.645. The smallest absolute Gasteiger partial charge is 0.398 e. The van der Waals surface area contributed by atoms with Gasteiger partial charge < -0.3 is 5.73 Å². The van der Waals surface area contributed by atoms with Gasteiger partial charge in [0.1, 0.15) is 0 Å². The molecule has 0 heterocycles. The van der Waals surface area contributed by atoms with Crippen LogP contribution in [0.15, 0.2) is 47.4 Å².